The lowest BCUT2D eigenvalue weighted by molar-refractivity contribution is -0.117. The zero-order valence-electron chi connectivity index (χ0n) is 12.0. The molecule has 1 aromatic rings. The summed E-state index contributed by atoms with van der Waals surface area (Å²) < 4.78 is 6.30. The highest BCUT2D eigenvalue weighted by atomic mass is 79.9. The summed E-state index contributed by atoms with van der Waals surface area (Å²) in [5, 5.41) is 3.43. The number of anilines is 1. The molecule has 1 fully saturated rings. The van der Waals surface area contributed by atoms with Crippen LogP contribution in [-0.2, 0) is 4.79 Å². The van der Waals surface area contributed by atoms with Crippen molar-refractivity contribution in [1.29, 1.82) is 0 Å². The van der Waals surface area contributed by atoms with E-state index in [0.717, 1.165) is 23.7 Å². The fourth-order valence-electron chi connectivity index (χ4n) is 2.70. The molecule has 4 nitrogen and oxygen atoms in total. The Morgan fingerprint density at radius 3 is 2.90 bits per heavy atom. The van der Waals surface area contributed by atoms with Crippen molar-refractivity contribution in [3.05, 3.63) is 21.6 Å². The lowest BCUT2D eigenvalue weighted by Crippen LogP contribution is -2.28. The van der Waals surface area contributed by atoms with Gasteiger partial charge in [0.05, 0.1) is 16.8 Å². The molecule has 0 aromatic heterocycles. The van der Waals surface area contributed by atoms with Gasteiger partial charge in [-0.25, -0.2) is 0 Å². The fourth-order valence-corrected chi connectivity index (χ4v) is 3.63. The smallest absolute Gasteiger partial charge is 0.224 e. The van der Waals surface area contributed by atoms with Gasteiger partial charge in [0.15, 0.2) is 5.75 Å². The van der Waals surface area contributed by atoms with Crippen LogP contribution in [0.3, 0.4) is 0 Å². The zero-order chi connectivity index (χ0) is 15.4. The SMILES string of the molecule is CCOc1c(Br)cc(Cl)cc1NC(=O)C[C@@H]1CCC[C@H]1N. The predicted molar refractivity (Wildman–Crippen MR) is 88.9 cm³/mol. The van der Waals surface area contributed by atoms with Crippen molar-refractivity contribution < 1.29 is 9.53 Å². The molecule has 2 rings (SSSR count). The summed E-state index contributed by atoms with van der Waals surface area (Å²) in [6.07, 6.45) is 3.57. The van der Waals surface area contributed by atoms with E-state index in [4.69, 9.17) is 22.1 Å². The minimum absolute atomic E-state index is 0.0486. The molecule has 0 aliphatic heterocycles. The molecule has 1 aliphatic carbocycles. The molecule has 0 radical (unpaired) electrons. The number of amides is 1. The summed E-state index contributed by atoms with van der Waals surface area (Å²) in [4.78, 5) is 12.2. The first-order valence-electron chi connectivity index (χ1n) is 7.18. The minimum atomic E-state index is -0.0486. The summed E-state index contributed by atoms with van der Waals surface area (Å²) in [5.74, 6) is 0.821. The van der Waals surface area contributed by atoms with E-state index < -0.39 is 0 Å². The number of nitrogens with one attached hydrogen (secondary N) is 1. The lowest BCUT2D eigenvalue weighted by Gasteiger charge is -2.17. The second-order valence-corrected chi connectivity index (χ2v) is 6.60. The van der Waals surface area contributed by atoms with Crippen LogP contribution in [0.25, 0.3) is 0 Å². The van der Waals surface area contributed by atoms with Crippen molar-refractivity contribution in [2.75, 3.05) is 11.9 Å². The Morgan fingerprint density at radius 1 is 1.52 bits per heavy atom. The van der Waals surface area contributed by atoms with Gasteiger partial charge in [0.1, 0.15) is 0 Å². The van der Waals surface area contributed by atoms with Crippen LogP contribution >= 0.6 is 27.5 Å². The molecule has 1 amide bonds. The van der Waals surface area contributed by atoms with E-state index in [-0.39, 0.29) is 17.9 Å². The van der Waals surface area contributed by atoms with Crippen molar-refractivity contribution in [1.82, 2.24) is 0 Å². The largest absolute Gasteiger partial charge is 0.491 e. The van der Waals surface area contributed by atoms with Crippen LogP contribution < -0.4 is 15.8 Å². The van der Waals surface area contributed by atoms with Gasteiger partial charge in [0, 0.05) is 17.5 Å². The molecule has 116 valence electrons. The van der Waals surface area contributed by atoms with Gasteiger partial charge in [-0.15, -0.1) is 0 Å². The number of nitrogens with two attached hydrogens (primary N) is 1. The lowest BCUT2D eigenvalue weighted by atomic mass is 10.00. The molecule has 0 spiro atoms. The molecule has 1 aliphatic rings. The monoisotopic (exact) mass is 374 g/mol. The van der Waals surface area contributed by atoms with E-state index in [9.17, 15) is 4.79 Å². The molecular formula is C15H20BrClN2O2. The van der Waals surface area contributed by atoms with Gasteiger partial charge in [0.25, 0.3) is 0 Å². The van der Waals surface area contributed by atoms with Gasteiger partial charge >= 0.3 is 0 Å². The number of hydrogen-bond acceptors (Lipinski definition) is 3. The van der Waals surface area contributed by atoms with Crippen molar-refractivity contribution >= 4 is 39.1 Å². The Balaban J connectivity index is 2.09. The van der Waals surface area contributed by atoms with Crippen LogP contribution in [0.4, 0.5) is 5.69 Å². The molecule has 3 N–H and O–H groups in total. The molecule has 2 atom stereocenters. The van der Waals surface area contributed by atoms with Gasteiger partial charge in [-0.3, -0.25) is 4.79 Å². The van der Waals surface area contributed by atoms with E-state index in [1.165, 1.54) is 0 Å². The molecule has 1 saturated carbocycles. The number of carbonyl (C=O) groups is 1. The highest BCUT2D eigenvalue weighted by Gasteiger charge is 2.26. The van der Waals surface area contributed by atoms with Crippen molar-refractivity contribution in [2.24, 2.45) is 11.7 Å². The molecule has 1 aromatic carbocycles. The van der Waals surface area contributed by atoms with Crippen molar-refractivity contribution in [3.63, 3.8) is 0 Å². The molecular weight excluding hydrogens is 356 g/mol. The quantitative estimate of drug-likeness (QED) is 0.819. The predicted octanol–water partition coefficient (Wildman–Crippen LogP) is 3.96. The summed E-state index contributed by atoms with van der Waals surface area (Å²) in [7, 11) is 0. The van der Waals surface area contributed by atoms with Gasteiger partial charge in [-0.1, -0.05) is 18.0 Å². The number of rotatable bonds is 5. The van der Waals surface area contributed by atoms with E-state index in [0.29, 0.717) is 29.5 Å². The number of benzene rings is 1. The second-order valence-electron chi connectivity index (χ2n) is 5.30. The van der Waals surface area contributed by atoms with Gasteiger partial charge < -0.3 is 15.8 Å². The summed E-state index contributed by atoms with van der Waals surface area (Å²) in [5.41, 5.74) is 6.60. The highest BCUT2D eigenvalue weighted by molar-refractivity contribution is 9.10. The molecule has 0 unspecified atom stereocenters. The normalized spacial score (nSPS) is 21.3. The summed E-state index contributed by atoms with van der Waals surface area (Å²) in [6.45, 7) is 2.40. The van der Waals surface area contributed by atoms with Gasteiger partial charge in [-0.2, -0.15) is 0 Å². The summed E-state index contributed by atoms with van der Waals surface area (Å²) >= 11 is 9.45. The topological polar surface area (TPSA) is 64.3 Å². The van der Waals surface area contributed by atoms with E-state index in [2.05, 4.69) is 21.2 Å². The van der Waals surface area contributed by atoms with Crippen LogP contribution in [-0.4, -0.2) is 18.6 Å². The van der Waals surface area contributed by atoms with E-state index >= 15 is 0 Å². The van der Waals surface area contributed by atoms with Gasteiger partial charge in [-0.05, 0) is 53.7 Å². The maximum absolute atomic E-state index is 12.2. The minimum Gasteiger partial charge on any atom is -0.491 e. The van der Waals surface area contributed by atoms with Gasteiger partial charge in [0.2, 0.25) is 5.91 Å². The zero-order valence-corrected chi connectivity index (χ0v) is 14.3. The van der Waals surface area contributed by atoms with Crippen molar-refractivity contribution in [2.45, 2.75) is 38.6 Å². The fraction of sp³-hybridized carbons (Fsp3) is 0.533. The Bertz CT molecular complexity index is 525. The number of ether oxygens (including phenoxy) is 1. The third kappa shape index (κ3) is 4.34. The average Bonchev–Trinajstić information content (AvgIpc) is 2.79. The molecule has 0 saturated heterocycles. The van der Waals surface area contributed by atoms with Crippen LogP contribution in [0.15, 0.2) is 16.6 Å². The number of carbonyl (C=O) groups excluding carboxylic acids is 1. The molecule has 21 heavy (non-hydrogen) atoms. The first-order valence-corrected chi connectivity index (χ1v) is 8.35. The first-order chi connectivity index (χ1) is 10.0. The van der Waals surface area contributed by atoms with E-state index in [1.807, 2.05) is 6.92 Å². The third-order valence-corrected chi connectivity index (χ3v) is 4.54. The Labute approximate surface area is 138 Å². The Morgan fingerprint density at radius 2 is 2.29 bits per heavy atom. The van der Waals surface area contributed by atoms with Crippen LogP contribution in [0, 0.1) is 5.92 Å². The second kappa shape index (κ2) is 7.47. The van der Waals surface area contributed by atoms with E-state index in [1.54, 1.807) is 12.1 Å². The molecule has 0 bridgehead atoms. The first kappa shape index (κ1) is 16.6. The highest BCUT2D eigenvalue weighted by Crippen LogP contribution is 2.37. The Hall–Kier alpha value is -0.780. The van der Waals surface area contributed by atoms with Crippen molar-refractivity contribution in [3.8, 4) is 5.75 Å². The molecule has 0 heterocycles. The summed E-state index contributed by atoms with van der Waals surface area (Å²) in [6, 6.07) is 3.58. The van der Waals surface area contributed by atoms with Crippen LogP contribution in [0.1, 0.15) is 32.6 Å². The Kier molecular flexibility index (Phi) is 5.90. The average molecular weight is 376 g/mol. The van der Waals surface area contributed by atoms with Crippen LogP contribution in [0.5, 0.6) is 5.75 Å². The number of hydrogen-bond donors (Lipinski definition) is 2. The third-order valence-electron chi connectivity index (χ3n) is 3.74. The maximum atomic E-state index is 12.2. The maximum Gasteiger partial charge on any atom is 0.224 e. The van der Waals surface area contributed by atoms with Crippen LogP contribution in [0.2, 0.25) is 5.02 Å². The molecule has 6 heteroatoms. The number of halogens is 2. The standard InChI is InChI=1S/C15H20BrClN2O2/c1-2-21-15-11(16)7-10(17)8-13(15)19-14(20)6-9-4-3-5-12(9)18/h7-9,12H,2-6,18H2,1H3,(H,19,20)/t9-,12+/m0/s1.